The Balaban J connectivity index is 1.43. The third kappa shape index (κ3) is 4.30. The van der Waals surface area contributed by atoms with Crippen LogP contribution in [0.15, 0.2) is 18.5 Å². The zero-order valence-electron chi connectivity index (χ0n) is 14.7. The van der Waals surface area contributed by atoms with Crippen LogP contribution in [-0.4, -0.2) is 51.5 Å². The van der Waals surface area contributed by atoms with Crippen LogP contribution < -0.4 is 10.1 Å². The largest absolute Gasteiger partial charge is 0.460 e. The number of rotatable bonds is 5. The van der Waals surface area contributed by atoms with Gasteiger partial charge in [-0.25, -0.2) is 9.97 Å². The van der Waals surface area contributed by atoms with Gasteiger partial charge in [0, 0.05) is 18.4 Å². The molecule has 2 heterocycles. The number of likely N-dealkylation sites (tertiary alicyclic amines) is 1. The van der Waals surface area contributed by atoms with Crippen LogP contribution in [0.1, 0.15) is 38.5 Å². The molecule has 7 nitrogen and oxygen atoms in total. The van der Waals surface area contributed by atoms with E-state index in [1.54, 1.807) is 23.4 Å². The van der Waals surface area contributed by atoms with E-state index in [9.17, 15) is 10.1 Å². The third-order valence-electron chi connectivity index (χ3n) is 5.04. The fourth-order valence-electron chi connectivity index (χ4n) is 3.65. The summed E-state index contributed by atoms with van der Waals surface area (Å²) in [6.07, 6.45) is 13.9. The van der Waals surface area contributed by atoms with E-state index in [-0.39, 0.29) is 30.6 Å². The number of hydrogen-bond acceptors (Lipinski definition) is 6. The molecule has 2 atom stereocenters. The van der Waals surface area contributed by atoms with Crippen LogP contribution in [0.3, 0.4) is 0 Å². The zero-order valence-corrected chi connectivity index (χ0v) is 14.7. The summed E-state index contributed by atoms with van der Waals surface area (Å²) in [5, 5.41) is 12.5. The van der Waals surface area contributed by atoms with E-state index in [4.69, 9.17) is 11.2 Å². The summed E-state index contributed by atoms with van der Waals surface area (Å²) < 4.78 is 5.78. The maximum atomic E-state index is 12.5. The molecule has 1 aliphatic carbocycles. The van der Waals surface area contributed by atoms with E-state index in [0.29, 0.717) is 18.9 Å². The second-order valence-corrected chi connectivity index (χ2v) is 6.71. The maximum absolute atomic E-state index is 12.5. The monoisotopic (exact) mass is 353 g/mol. The normalized spacial score (nSPS) is 28.2. The van der Waals surface area contributed by atoms with E-state index < -0.39 is 6.04 Å². The van der Waals surface area contributed by atoms with Gasteiger partial charge in [-0.15, -0.1) is 6.42 Å². The van der Waals surface area contributed by atoms with Crippen molar-refractivity contribution in [3.8, 4) is 24.4 Å². The van der Waals surface area contributed by atoms with Crippen molar-refractivity contribution in [1.29, 1.82) is 5.26 Å². The fraction of sp³-hybridized carbons (Fsp3) is 0.579. The third-order valence-corrected chi connectivity index (χ3v) is 5.04. The van der Waals surface area contributed by atoms with Gasteiger partial charge in [0.15, 0.2) is 0 Å². The maximum Gasteiger partial charge on any atom is 0.316 e. The predicted molar refractivity (Wildman–Crippen MR) is 94.8 cm³/mol. The van der Waals surface area contributed by atoms with Crippen LogP contribution in [0.25, 0.3) is 0 Å². The quantitative estimate of drug-likeness (QED) is 0.802. The lowest BCUT2D eigenvalue weighted by Gasteiger charge is -2.30. The Labute approximate surface area is 153 Å². The first kappa shape index (κ1) is 18.2. The number of carbonyl (C=O) groups excluding carboxylic acids is 1. The number of ether oxygens (including phenoxy) is 1. The second kappa shape index (κ2) is 8.64. The van der Waals surface area contributed by atoms with E-state index in [2.05, 4.69) is 27.3 Å². The van der Waals surface area contributed by atoms with Gasteiger partial charge < -0.3 is 15.0 Å². The SMILES string of the molecule is C#C[C@@H]1CC[C@@H](C#N)N1C(=O)CNC1CCC(Oc2ncccn2)CC1. The average molecular weight is 353 g/mol. The number of nitrogens with zero attached hydrogens (tertiary/aromatic N) is 4. The highest BCUT2D eigenvalue weighted by atomic mass is 16.5. The molecule has 1 saturated heterocycles. The molecule has 2 fully saturated rings. The molecule has 2 aliphatic rings. The molecule has 136 valence electrons. The standard InChI is InChI=1S/C19H23N5O2/c1-2-15-6-7-16(12-20)24(15)18(25)13-23-14-4-8-17(9-5-14)26-19-21-10-3-11-22-19/h1,3,10-11,14-17,23H,4-9,13H2/t14?,15-,16+,17?/m1/s1. The van der Waals surface area contributed by atoms with Crippen LogP contribution in [0.2, 0.25) is 0 Å². The Hall–Kier alpha value is -2.64. The predicted octanol–water partition coefficient (Wildman–Crippen LogP) is 1.27. The molecule has 0 bridgehead atoms. The van der Waals surface area contributed by atoms with Crippen molar-refractivity contribution in [2.75, 3.05) is 6.54 Å². The zero-order chi connectivity index (χ0) is 18.4. The van der Waals surface area contributed by atoms with Crippen LogP contribution in [0.5, 0.6) is 6.01 Å². The van der Waals surface area contributed by atoms with Crippen molar-refractivity contribution >= 4 is 5.91 Å². The molecule has 0 spiro atoms. The Kier molecular flexibility index (Phi) is 6.04. The summed E-state index contributed by atoms with van der Waals surface area (Å²) in [6.45, 7) is 0.217. The minimum Gasteiger partial charge on any atom is -0.460 e. The van der Waals surface area contributed by atoms with Crippen LogP contribution in [0, 0.1) is 23.7 Å². The van der Waals surface area contributed by atoms with Gasteiger partial charge in [0.2, 0.25) is 5.91 Å². The smallest absolute Gasteiger partial charge is 0.316 e. The molecule has 1 aromatic rings. The molecule has 0 aromatic carbocycles. The van der Waals surface area contributed by atoms with Gasteiger partial charge in [-0.3, -0.25) is 4.79 Å². The number of hydrogen-bond donors (Lipinski definition) is 1. The molecular weight excluding hydrogens is 330 g/mol. The average Bonchev–Trinajstić information content (AvgIpc) is 3.11. The highest BCUT2D eigenvalue weighted by Gasteiger charge is 2.36. The van der Waals surface area contributed by atoms with Gasteiger partial charge in [-0.2, -0.15) is 5.26 Å². The van der Waals surface area contributed by atoms with Crippen molar-refractivity contribution in [1.82, 2.24) is 20.2 Å². The van der Waals surface area contributed by atoms with Crippen molar-refractivity contribution in [3.63, 3.8) is 0 Å². The first-order valence-electron chi connectivity index (χ1n) is 9.05. The lowest BCUT2D eigenvalue weighted by molar-refractivity contribution is -0.131. The number of terminal acetylenes is 1. The Morgan fingerprint density at radius 2 is 1.92 bits per heavy atom. The highest BCUT2D eigenvalue weighted by molar-refractivity contribution is 5.80. The summed E-state index contributed by atoms with van der Waals surface area (Å²) in [6, 6.07) is 3.95. The number of amides is 1. The fourth-order valence-corrected chi connectivity index (χ4v) is 3.65. The molecule has 1 saturated carbocycles. The van der Waals surface area contributed by atoms with Crippen molar-refractivity contribution in [3.05, 3.63) is 18.5 Å². The first-order chi connectivity index (χ1) is 12.7. The van der Waals surface area contributed by atoms with Crippen molar-refractivity contribution in [2.24, 2.45) is 0 Å². The Morgan fingerprint density at radius 1 is 1.23 bits per heavy atom. The van der Waals surface area contributed by atoms with E-state index in [1.807, 2.05) is 0 Å². The van der Waals surface area contributed by atoms with Gasteiger partial charge in [0.05, 0.1) is 18.7 Å². The van der Waals surface area contributed by atoms with Crippen molar-refractivity contribution in [2.45, 2.75) is 62.8 Å². The first-order valence-corrected chi connectivity index (χ1v) is 9.05. The number of nitriles is 1. The molecule has 26 heavy (non-hydrogen) atoms. The highest BCUT2D eigenvalue weighted by Crippen LogP contribution is 2.24. The number of nitrogens with one attached hydrogen (secondary N) is 1. The summed E-state index contributed by atoms with van der Waals surface area (Å²) >= 11 is 0. The lowest BCUT2D eigenvalue weighted by atomic mass is 9.93. The van der Waals surface area contributed by atoms with Gasteiger partial charge >= 0.3 is 6.01 Å². The van der Waals surface area contributed by atoms with Crippen LogP contribution in [0.4, 0.5) is 0 Å². The second-order valence-electron chi connectivity index (χ2n) is 6.71. The van der Waals surface area contributed by atoms with E-state index in [0.717, 1.165) is 25.7 Å². The minimum absolute atomic E-state index is 0.0898. The summed E-state index contributed by atoms with van der Waals surface area (Å²) in [7, 11) is 0. The minimum atomic E-state index is -0.402. The molecule has 0 radical (unpaired) electrons. The van der Waals surface area contributed by atoms with Gasteiger partial charge in [0.1, 0.15) is 12.1 Å². The lowest BCUT2D eigenvalue weighted by Crippen LogP contribution is -2.47. The summed E-state index contributed by atoms with van der Waals surface area (Å²) in [5.74, 6) is 2.53. The van der Waals surface area contributed by atoms with Gasteiger partial charge in [-0.05, 0) is 44.6 Å². The van der Waals surface area contributed by atoms with Crippen LogP contribution in [-0.2, 0) is 4.79 Å². The topological polar surface area (TPSA) is 91.1 Å². The van der Waals surface area contributed by atoms with Gasteiger partial charge in [0.25, 0.3) is 0 Å². The summed E-state index contributed by atoms with van der Waals surface area (Å²) in [4.78, 5) is 22.2. The van der Waals surface area contributed by atoms with E-state index in [1.165, 1.54) is 0 Å². The Morgan fingerprint density at radius 3 is 2.58 bits per heavy atom. The Bertz CT molecular complexity index is 666. The number of aromatic nitrogens is 2. The molecule has 1 aromatic heterocycles. The molecule has 3 rings (SSSR count). The summed E-state index contributed by atoms with van der Waals surface area (Å²) in [5.41, 5.74) is 0. The molecule has 7 heteroatoms. The molecule has 1 amide bonds. The van der Waals surface area contributed by atoms with Crippen molar-refractivity contribution < 1.29 is 9.53 Å². The van der Waals surface area contributed by atoms with E-state index >= 15 is 0 Å². The molecule has 1 aliphatic heterocycles. The molecule has 1 N–H and O–H groups in total. The van der Waals surface area contributed by atoms with Crippen LogP contribution >= 0.6 is 0 Å². The molecular formula is C19H23N5O2. The molecule has 0 unspecified atom stereocenters. The number of carbonyl (C=O) groups is 1. The van der Waals surface area contributed by atoms with Gasteiger partial charge in [-0.1, -0.05) is 5.92 Å².